The van der Waals surface area contributed by atoms with Gasteiger partial charge in [0.05, 0.1) is 11.7 Å². The minimum atomic E-state index is -0.251. The molecule has 8 heteroatoms. The van der Waals surface area contributed by atoms with Crippen LogP contribution in [-0.2, 0) is 4.79 Å². The van der Waals surface area contributed by atoms with Crippen molar-refractivity contribution < 1.29 is 4.79 Å². The minimum Gasteiger partial charge on any atom is -0.349 e. The van der Waals surface area contributed by atoms with Gasteiger partial charge in [0, 0.05) is 16.0 Å². The second kappa shape index (κ2) is 6.25. The van der Waals surface area contributed by atoms with Gasteiger partial charge in [0.25, 0.3) is 0 Å². The summed E-state index contributed by atoms with van der Waals surface area (Å²) in [5, 5.41) is 10.1. The molecule has 0 radical (unpaired) electrons. The average Bonchev–Trinajstić information content (AvgIpc) is 3.16. The van der Waals surface area contributed by atoms with Gasteiger partial charge in [0.1, 0.15) is 6.33 Å². The Morgan fingerprint density at radius 1 is 1.45 bits per heavy atom. The average molecular weight is 334 g/mol. The number of nitrogens with zero attached hydrogens (tertiary/aromatic N) is 4. The normalized spacial score (nSPS) is 12.1. The summed E-state index contributed by atoms with van der Waals surface area (Å²) >= 11 is 7.46. The van der Waals surface area contributed by atoms with E-state index >= 15 is 0 Å². The van der Waals surface area contributed by atoms with Crippen molar-refractivity contribution >= 4 is 29.3 Å². The third-order valence-corrected chi connectivity index (χ3v) is 4.12. The Kier molecular flexibility index (Phi) is 4.17. The molecule has 0 aliphatic carbocycles. The number of carbonyl (C=O) groups excluding carboxylic acids is 1. The van der Waals surface area contributed by atoms with Crippen LogP contribution < -0.4 is 5.32 Å². The molecule has 22 heavy (non-hydrogen) atoms. The first kappa shape index (κ1) is 14.7. The van der Waals surface area contributed by atoms with Crippen LogP contribution in [0.4, 0.5) is 0 Å². The third kappa shape index (κ3) is 2.86. The van der Waals surface area contributed by atoms with Crippen LogP contribution in [0.15, 0.2) is 36.0 Å². The fourth-order valence-electron chi connectivity index (χ4n) is 2.01. The van der Waals surface area contributed by atoms with Crippen LogP contribution in [0.5, 0.6) is 0 Å². The highest BCUT2D eigenvalue weighted by Crippen LogP contribution is 2.26. The van der Waals surface area contributed by atoms with Gasteiger partial charge < -0.3 is 5.32 Å². The summed E-state index contributed by atoms with van der Waals surface area (Å²) in [7, 11) is 0. The number of aromatic nitrogens is 4. The highest BCUT2D eigenvalue weighted by atomic mass is 35.5. The van der Waals surface area contributed by atoms with Gasteiger partial charge >= 0.3 is 0 Å². The van der Waals surface area contributed by atoms with Crippen LogP contribution in [-0.4, -0.2) is 26.2 Å². The second-order valence-electron chi connectivity index (χ2n) is 4.56. The number of halogens is 1. The lowest BCUT2D eigenvalue weighted by Gasteiger charge is -2.09. The van der Waals surface area contributed by atoms with E-state index in [1.165, 1.54) is 17.7 Å². The first-order valence-electron chi connectivity index (χ1n) is 6.50. The Morgan fingerprint density at radius 3 is 3.09 bits per heavy atom. The maximum Gasteiger partial charge on any atom is 0.212 e. The van der Waals surface area contributed by atoms with Gasteiger partial charge in [-0.2, -0.15) is 9.78 Å². The Morgan fingerprint density at radius 2 is 2.32 bits per heavy atom. The molecule has 3 rings (SSSR count). The molecule has 0 saturated carbocycles. The number of hydrogen-bond donors (Lipinski definition) is 1. The summed E-state index contributed by atoms with van der Waals surface area (Å²) in [6.07, 6.45) is 2.09. The van der Waals surface area contributed by atoms with Crippen LogP contribution in [0.1, 0.15) is 18.8 Å². The highest BCUT2D eigenvalue weighted by molar-refractivity contribution is 7.12. The molecule has 2 aromatic heterocycles. The lowest BCUT2D eigenvalue weighted by molar-refractivity contribution is -0.110. The van der Waals surface area contributed by atoms with E-state index in [1.807, 2.05) is 36.6 Å². The summed E-state index contributed by atoms with van der Waals surface area (Å²) in [4.78, 5) is 19.3. The van der Waals surface area contributed by atoms with Crippen LogP contribution >= 0.6 is 22.9 Å². The van der Waals surface area contributed by atoms with Crippen molar-refractivity contribution in [2.24, 2.45) is 0 Å². The monoisotopic (exact) mass is 333 g/mol. The van der Waals surface area contributed by atoms with Crippen molar-refractivity contribution in [3.8, 4) is 16.4 Å². The first-order valence-corrected chi connectivity index (χ1v) is 7.76. The Bertz CT molecular complexity index is 800. The number of thiazole rings is 1. The topological polar surface area (TPSA) is 72.7 Å². The van der Waals surface area contributed by atoms with Gasteiger partial charge in [-0.3, -0.25) is 4.79 Å². The SMILES string of the molecule is CC(NC=O)c1ncnn1-c1nc(-c2cccc(Cl)c2)cs1. The quantitative estimate of drug-likeness (QED) is 0.729. The minimum absolute atomic E-state index is 0.251. The predicted molar refractivity (Wildman–Crippen MR) is 85.1 cm³/mol. The van der Waals surface area contributed by atoms with Crippen molar-refractivity contribution in [3.63, 3.8) is 0 Å². The molecule has 0 fully saturated rings. The van der Waals surface area contributed by atoms with Crippen molar-refractivity contribution in [2.75, 3.05) is 0 Å². The Hall–Kier alpha value is -2.25. The van der Waals surface area contributed by atoms with Crippen molar-refractivity contribution in [3.05, 3.63) is 46.8 Å². The molecule has 112 valence electrons. The highest BCUT2D eigenvalue weighted by Gasteiger charge is 2.16. The summed E-state index contributed by atoms with van der Waals surface area (Å²) in [6.45, 7) is 1.83. The zero-order chi connectivity index (χ0) is 15.5. The molecule has 6 nitrogen and oxygen atoms in total. The molecular formula is C14H12ClN5OS. The largest absolute Gasteiger partial charge is 0.349 e. The molecule has 2 heterocycles. The van der Waals surface area contributed by atoms with E-state index in [9.17, 15) is 4.79 Å². The van der Waals surface area contributed by atoms with Gasteiger partial charge in [-0.15, -0.1) is 11.3 Å². The van der Waals surface area contributed by atoms with Crippen LogP contribution in [0.25, 0.3) is 16.4 Å². The maximum absolute atomic E-state index is 10.6. The number of amides is 1. The van der Waals surface area contributed by atoms with Crippen molar-refractivity contribution in [2.45, 2.75) is 13.0 Å². The lowest BCUT2D eigenvalue weighted by Crippen LogP contribution is -2.20. The zero-order valence-corrected chi connectivity index (χ0v) is 13.2. The molecule has 3 aromatic rings. The van der Waals surface area contributed by atoms with Gasteiger partial charge in [0.15, 0.2) is 5.82 Å². The van der Waals surface area contributed by atoms with Gasteiger partial charge in [-0.05, 0) is 19.1 Å². The molecule has 1 unspecified atom stereocenters. The Balaban J connectivity index is 1.95. The molecular weight excluding hydrogens is 322 g/mol. The Labute approximate surface area is 135 Å². The van der Waals surface area contributed by atoms with Crippen molar-refractivity contribution in [1.29, 1.82) is 0 Å². The summed E-state index contributed by atoms with van der Waals surface area (Å²) < 4.78 is 1.62. The summed E-state index contributed by atoms with van der Waals surface area (Å²) in [6, 6.07) is 7.26. The third-order valence-electron chi connectivity index (χ3n) is 3.07. The van der Waals surface area contributed by atoms with E-state index in [-0.39, 0.29) is 6.04 Å². The van der Waals surface area contributed by atoms with Crippen LogP contribution in [0.2, 0.25) is 5.02 Å². The first-order chi connectivity index (χ1) is 10.7. The maximum atomic E-state index is 10.6. The number of hydrogen-bond acceptors (Lipinski definition) is 5. The van der Waals surface area contributed by atoms with E-state index in [2.05, 4.69) is 20.4 Å². The molecule has 0 spiro atoms. The molecule has 1 atom stereocenters. The number of nitrogens with one attached hydrogen (secondary N) is 1. The van der Waals surface area contributed by atoms with E-state index in [1.54, 1.807) is 4.68 Å². The second-order valence-corrected chi connectivity index (χ2v) is 5.83. The fourth-order valence-corrected chi connectivity index (χ4v) is 3.00. The van der Waals surface area contributed by atoms with E-state index < -0.39 is 0 Å². The van der Waals surface area contributed by atoms with Gasteiger partial charge in [-0.1, -0.05) is 23.7 Å². The number of carbonyl (C=O) groups is 1. The molecule has 1 amide bonds. The number of rotatable bonds is 5. The summed E-state index contributed by atoms with van der Waals surface area (Å²) in [5.41, 5.74) is 1.76. The molecule has 0 bridgehead atoms. The van der Waals surface area contributed by atoms with Crippen LogP contribution in [0.3, 0.4) is 0 Å². The van der Waals surface area contributed by atoms with E-state index in [0.29, 0.717) is 22.4 Å². The summed E-state index contributed by atoms with van der Waals surface area (Å²) in [5.74, 6) is 0.624. The van der Waals surface area contributed by atoms with E-state index in [0.717, 1.165) is 11.3 Å². The molecule has 0 aliphatic rings. The number of benzene rings is 1. The smallest absolute Gasteiger partial charge is 0.212 e. The van der Waals surface area contributed by atoms with E-state index in [4.69, 9.17) is 11.6 Å². The standard InChI is InChI=1S/C14H12ClN5OS/c1-9(17-8-21)13-16-7-18-20(13)14-19-12(6-22-14)10-3-2-4-11(15)5-10/h2-9H,1H3,(H,17,21). The zero-order valence-electron chi connectivity index (χ0n) is 11.6. The molecule has 0 aliphatic heterocycles. The predicted octanol–water partition coefficient (Wildman–Crippen LogP) is 2.85. The molecule has 0 saturated heterocycles. The van der Waals surface area contributed by atoms with Gasteiger partial charge in [-0.25, -0.2) is 9.97 Å². The lowest BCUT2D eigenvalue weighted by atomic mass is 10.2. The van der Waals surface area contributed by atoms with Crippen molar-refractivity contribution in [1.82, 2.24) is 25.1 Å². The fraction of sp³-hybridized carbons (Fsp3) is 0.143. The van der Waals surface area contributed by atoms with Crippen LogP contribution in [0, 0.1) is 0 Å². The molecule has 1 aromatic carbocycles. The van der Waals surface area contributed by atoms with Gasteiger partial charge in [0.2, 0.25) is 11.5 Å². The molecule has 1 N–H and O–H groups in total.